The Kier molecular flexibility index (Phi) is 12.7. The van der Waals surface area contributed by atoms with Crippen molar-refractivity contribution in [1.29, 1.82) is 0 Å². The number of carbonyl (C=O) groups is 1. The van der Waals surface area contributed by atoms with Crippen LogP contribution in [0.25, 0.3) is 0 Å². The van der Waals surface area contributed by atoms with E-state index in [0.29, 0.717) is 32.1 Å². The molecule has 1 aliphatic rings. The molecule has 2 rings (SSSR count). The molecule has 1 saturated heterocycles. The number of carbonyl (C=O) groups excluding carboxylic acids is 1. The lowest BCUT2D eigenvalue weighted by molar-refractivity contribution is -0.119. The summed E-state index contributed by atoms with van der Waals surface area (Å²) in [6, 6.07) is 7.91. The molecule has 1 heterocycles. The van der Waals surface area contributed by atoms with Crippen LogP contribution in [0.15, 0.2) is 29.3 Å². The predicted octanol–water partition coefficient (Wildman–Crippen LogP) is 2.77. The predicted molar refractivity (Wildman–Crippen MR) is 127 cm³/mol. The van der Waals surface area contributed by atoms with Crippen molar-refractivity contribution < 1.29 is 14.3 Å². The Bertz CT molecular complexity index is 625. The molecule has 0 aliphatic carbocycles. The summed E-state index contributed by atoms with van der Waals surface area (Å²) in [5, 5.41) is 3.36. The normalized spacial score (nSPS) is 16.8. The molecule has 8 heteroatoms. The lowest BCUT2D eigenvalue weighted by Crippen LogP contribution is -2.47. The Morgan fingerprint density at radius 3 is 2.76 bits per heavy atom. The minimum atomic E-state index is -0.220. The summed E-state index contributed by atoms with van der Waals surface area (Å²) < 4.78 is 10.9. The quantitative estimate of drug-likeness (QED) is 0.215. The molecule has 1 aromatic carbocycles. The third-order valence-electron chi connectivity index (χ3n) is 4.78. The Balaban J connectivity index is 0.00000420. The molecule has 29 heavy (non-hydrogen) atoms. The molecule has 1 atom stereocenters. The molecule has 1 aromatic rings. The summed E-state index contributed by atoms with van der Waals surface area (Å²) >= 11 is 0. The van der Waals surface area contributed by atoms with Crippen molar-refractivity contribution in [3.63, 3.8) is 0 Å². The molecule has 0 bridgehead atoms. The van der Waals surface area contributed by atoms with Crippen molar-refractivity contribution in [2.24, 2.45) is 16.6 Å². The first-order chi connectivity index (χ1) is 13.6. The van der Waals surface area contributed by atoms with Crippen molar-refractivity contribution >= 4 is 35.8 Å². The van der Waals surface area contributed by atoms with Crippen molar-refractivity contribution in [2.75, 3.05) is 39.9 Å². The molecule has 3 N–H and O–H groups in total. The average molecular weight is 518 g/mol. The number of halogens is 1. The van der Waals surface area contributed by atoms with E-state index in [1.807, 2.05) is 24.3 Å². The third-order valence-corrected chi connectivity index (χ3v) is 4.78. The fourth-order valence-electron chi connectivity index (χ4n) is 3.40. The van der Waals surface area contributed by atoms with E-state index < -0.39 is 0 Å². The standard InChI is InChI=1S/C21H34N4O3.HI/c1-3-23-21(25-12-4-6-18(15-25)14-20(22)26)24-11-5-13-28-16-17-7-9-19(27-2)10-8-17;/h7-10,18H,3-6,11-16H2,1-2H3,(H2,22,26)(H,23,24);1H. The molecule has 7 nitrogen and oxygen atoms in total. The number of primary amides is 1. The van der Waals surface area contributed by atoms with E-state index in [2.05, 4.69) is 17.1 Å². The maximum atomic E-state index is 11.2. The van der Waals surface area contributed by atoms with E-state index in [1.54, 1.807) is 7.11 Å². The Morgan fingerprint density at radius 2 is 2.10 bits per heavy atom. The van der Waals surface area contributed by atoms with Gasteiger partial charge in [-0.25, -0.2) is 0 Å². The van der Waals surface area contributed by atoms with Gasteiger partial charge < -0.3 is 25.4 Å². The molecule has 1 fully saturated rings. The Morgan fingerprint density at radius 1 is 1.34 bits per heavy atom. The van der Waals surface area contributed by atoms with Gasteiger partial charge >= 0.3 is 0 Å². The summed E-state index contributed by atoms with van der Waals surface area (Å²) in [5.74, 6) is 1.88. The maximum Gasteiger partial charge on any atom is 0.217 e. The molecule has 0 saturated carbocycles. The van der Waals surface area contributed by atoms with Crippen molar-refractivity contribution in [2.45, 2.75) is 39.2 Å². The zero-order chi connectivity index (χ0) is 20.2. The number of hydrogen-bond donors (Lipinski definition) is 2. The number of hydrogen-bond acceptors (Lipinski definition) is 4. The van der Waals surface area contributed by atoms with Gasteiger partial charge in [-0.1, -0.05) is 12.1 Å². The Hall–Kier alpha value is -1.55. The number of nitrogens with zero attached hydrogens (tertiary/aromatic N) is 2. The number of aliphatic imine (C=N–C) groups is 1. The second-order valence-electron chi connectivity index (χ2n) is 7.11. The Labute approximate surface area is 191 Å². The molecular weight excluding hydrogens is 483 g/mol. The van der Waals surface area contributed by atoms with Gasteiger partial charge in [0, 0.05) is 39.2 Å². The van der Waals surface area contributed by atoms with Gasteiger partial charge in [-0.2, -0.15) is 0 Å². The maximum absolute atomic E-state index is 11.2. The first-order valence-corrected chi connectivity index (χ1v) is 10.1. The molecular formula is C21H35IN4O3. The second kappa shape index (κ2) is 14.4. The highest BCUT2D eigenvalue weighted by Crippen LogP contribution is 2.19. The van der Waals surface area contributed by atoms with Crippen LogP contribution >= 0.6 is 24.0 Å². The van der Waals surface area contributed by atoms with Crippen LogP contribution in [0.1, 0.15) is 38.2 Å². The molecule has 0 aromatic heterocycles. The number of nitrogens with one attached hydrogen (secondary N) is 1. The highest BCUT2D eigenvalue weighted by Gasteiger charge is 2.23. The molecule has 0 radical (unpaired) electrons. The summed E-state index contributed by atoms with van der Waals surface area (Å²) in [6.07, 6.45) is 3.43. The summed E-state index contributed by atoms with van der Waals surface area (Å²) in [6.45, 7) is 6.66. The minimum Gasteiger partial charge on any atom is -0.497 e. The van der Waals surface area contributed by atoms with Crippen LogP contribution in [-0.4, -0.2) is 56.7 Å². The molecule has 1 unspecified atom stereocenters. The summed E-state index contributed by atoms with van der Waals surface area (Å²) in [7, 11) is 1.66. The van der Waals surface area contributed by atoms with Gasteiger partial charge in [0.25, 0.3) is 0 Å². The van der Waals surface area contributed by atoms with E-state index >= 15 is 0 Å². The third kappa shape index (κ3) is 9.66. The first kappa shape index (κ1) is 25.5. The lowest BCUT2D eigenvalue weighted by atomic mass is 9.95. The van der Waals surface area contributed by atoms with Gasteiger partial charge in [0.1, 0.15) is 5.75 Å². The van der Waals surface area contributed by atoms with Crippen LogP contribution in [0, 0.1) is 5.92 Å². The summed E-state index contributed by atoms with van der Waals surface area (Å²) in [5.41, 5.74) is 6.49. The highest BCUT2D eigenvalue weighted by atomic mass is 127. The molecule has 0 spiro atoms. The van der Waals surface area contributed by atoms with Crippen LogP contribution in [0.2, 0.25) is 0 Å². The molecule has 1 aliphatic heterocycles. The van der Waals surface area contributed by atoms with Gasteiger partial charge in [0.05, 0.1) is 13.7 Å². The first-order valence-electron chi connectivity index (χ1n) is 10.1. The number of likely N-dealkylation sites (tertiary alicyclic amines) is 1. The van der Waals surface area contributed by atoms with Gasteiger partial charge in [0.2, 0.25) is 5.91 Å². The number of amides is 1. The summed E-state index contributed by atoms with van der Waals surface area (Å²) in [4.78, 5) is 18.2. The van der Waals surface area contributed by atoms with E-state index in [1.165, 1.54) is 0 Å². The van der Waals surface area contributed by atoms with Crippen LogP contribution in [0.3, 0.4) is 0 Å². The van der Waals surface area contributed by atoms with Gasteiger partial charge in [-0.15, -0.1) is 24.0 Å². The number of rotatable bonds is 10. The number of ether oxygens (including phenoxy) is 2. The SMILES string of the molecule is CCNC(=NCCCOCc1ccc(OC)cc1)N1CCCC(CC(N)=O)C1.I. The number of guanidine groups is 1. The minimum absolute atomic E-state index is 0. The number of piperidine rings is 1. The van der Waals surface area contributed by atoms with E-state index in [9.17, 15) is 4.79 Å². The lowest BCUT2D eigenvalue weighted by Gasteiger charge is -2.34. The van der Waals surface area contributed by atoms with Gasteiger partial charge in [-0.3, -0.25) is 9.79 Å². The second-order valence-corrected chi connectivity index (χ2v) is 7.11. The monoisotopic (exact) mass is 518 g/mol. The van der Waals surface area contributed by atoms with Crippen LogP contribution in [0.5, 0.6) is 5.75 Å². The van der Waals surface area contributed by atoms with Crippen LogP contribution in [0.4, 0.5) is 0 Å². The van der Waals surface area contributed by atoms with Crippen molar-refractivity contribution in [3.8, 4) is 5.75 Å². The van der Waals surface area contributed by atoms with Crippen molar-refractivity contribution in [1.82, 2.24) is 10.2 Å². The smallest absolute Gasteiger partial charge is 0.217 e. The number of nitrogens with two attached hydrogens (primary N) is 1. The van der Waals surface area contributed by atoms with Gasteiger partial charge in [0.15, 0.2) is 5.96 Å². The van der Waals surface area contributed by atoms with Crippen molar-refractivity contribution in [3.05, 3.63) is 29.8 Å². The zero-order valence-electron chi connectivity index (χ0n) is 17.6. The van der Waals surface area contributed by atoms with E-state index in [-0.39, 0.29) is 29.9 Å². The topological polar surface area (TPSA) is 89.2 Å². The fraction of sp³-hybridized carbons (Fsp3) is 0.619. The average Bonchev–Trinajstić information content (AvgIpc) is 2.70. The highest BCUT2D eigenvalue weighted by molar-refractivity contribution is 14.0. The van der Waals surface area contributed by atoms with Crippen LogP contribution in [-0.2, 0) is 16.1 Å². The van der Waals surface area contributed by atoms with Gasteiger partial charge in [-0.05, 0) is 49.8 Å². The van der Waals surface area contributed by atoms with Crippen LogP contribution < -0.4 is 15.8 Å². The van der Waals surface area contributed by atoms with E-state index in [0.717, 1.165) is 56.2 Å². The number of methoxy groups -OCH3 is 1. The largest absolute Gasteiger partial charge is 0.497 e. The number of benzene rings is 1. The molecule has 164 valence electrons. The molecule has 1 amide bonds. The fourth-order valence-corrected chi connectivity index (χ4v) is 3.40. The zero-order valence-corrected chi connectivity index (χ0v) is 19.9. The van der Waals surface area contributed by atoms with E-state index in [4.69, 9.17) is 20.2 Å².